The van der Waals surface area contributed by atoms with E-state index >= 15 is 0 Å². The maximum atomic E-state index is 13.1. The fourth-order valence-corrected chi connectivity index (χ4v) is 2.17. The fourth-order valence-electron chi connectivity index (χ4n) is 1.99. The van der Waals surface area contributed by atoms with E-state index in [1.54, 1.807) is 24.3 Å². The topological polar surface area (TPSA) is 70.2 Å². The monoisotopic (exact) mass is 377 g/mol. The molecule has 5 nitrogen and oxygen atoms in total. The molecule has 2 rings (SSSR count). The summed E-state index contributed by atoms with van der Waals surface area (Å²) in [5, 5.41) is 8.37. The smallest absolute Gasteiger partial charge is 0.243 e. The molecule has 0 fully saturated rings. The van der Waals surface area contributed by atoms with Crippen molar-refractivity contribution in [1.82, 2.24) is 0 Å². The van der Waals surface area contributed by atoms with Gasteiger partial charge < -0.3 is 16.0 Å². The number of benzene rings is 2. The van der Waals surface area contributed by atoms with Crippen LogP contribution in [0.4, 0.5) is 21.5 Å². The molecule has 0 unspecified atom stereocenters. The Morgan fingerprint density at radius 1 is 1.00 bits per heavy atom. The van der Waals surface area contributed by atoms with E-state index in [1.807, 2.05) is 20.8 Å². The van der Waals surface area contributed by atoms with Crippen molar-refractivity contribution < 1.29 is 14.0 Å². The highest BCUT2D eigenvalue weighted by Gasteiger charge is 2.21. The highest BCUT2D eigenvalue weighted by atomic mass is 35.5. The van der Waals surface area contributed by atoms with Gasteiger partial charge >= 0.3 is 0 Å². The van der Waals surface area contributed by atoms with Crippen LogP contribution in [0.3, 0.4) is 0 Å². The third-order valence-electron chi connectivity index (χ3n) is 3.46. The summed E-state index contributed by atoms with van der Waals surface area (Å²) in [7, 11) is 0. The lowest BCUT2D eigenvalue weighted by Gasteiger charge is -2.18. The summed E-state index contributed by atoms with van der Waals surface area (Å²) < 4.78 is 13.1. The molecule has 7 heteroatoms. The molecule has 2 amide bonds. The first-order chi connectivity index (χ1) is 12.1. The van der Waals surface area contributed by atoms with E-state index < -0.39 is 11.2 Å². The number of carbonyl (C=O) groups excluding carboxylic acids is 2. The van der Waals surface area contributed by atoms with E-state index in [4.69, 9.17) is 11.6 Å². The third-order valence-corrected chi connectivity index (χ3v) is 3.75. The molecule has 138 valence electrons. The Morgan fingerprint density at radius 2 is 1.65 bits per heavy atom. The molecule has 0 aliphatic rings. The highest BCUT2D eigenvalue weighted by Crippen LogP contribution is 2.21. The molecule has 26 heavy (non-hydrogen) atoms. The Labute approximate surface area is 156 Å². The highest BCUT2D eigenvalue weighted by molar-refractivity contribution is 6.31. The second-order valence-electron chi connectivity index (χ2n) is 6.82. The van der Waals surface area contributed by atoms with E-state index in [0.29, 0.717) is 17.1 Å². The SMILES string of the molecule is CC(C)(C)C(=O)Nc1cccc(NCC(=O)Nc2ccc(F)c(Cl)c2)c1. The number of halogens is 2. The molecule has 0 bridgehead atoms. The largest absolute Gasteiger partial charge is 0.376 e. The van der Waals surface area contributed by atoms with Crippen LogP contribution in [0.15, 0.2) is 42.5 Å². The molecule has 0 radical (unpaired) electrons. The van der Waals surface area contributed by atoms with E-state index in [2.05, 4.69) is 16.0 Å². The summed E-state index contributed by atoms with van der Waals surface area (Å²) in [6.45, 7) is 5.50. The van der Waals surface area contributed by atoms with Crippen molar-refractivity contribution >= 4 is 40.5 Å². The van der Waals surface area contributed by atoms with Crippen LogP contribution >= 0.6 is 11.6 Å². The first-order valence-corrected chi connectivity index (χ1v) is 8.43. The Morgan fingerprint density at radius 3 is 2.31 bits per heavy atom. The standard InChI is InChI=1S/C19H21ClFN3O2/c1-19(2,3)18(26)24-13-6-4-5-12(9-13)22-11-17(25)23-14-7-8-16(21)15(20)10-14/h4-10,22H,11H2,1-3H3,(H,23,25)(H,24,26). The lowest BCUT2D eigenvalue weighted by Crippen LogP contribution is -2.27. The van der Waals surface area contributed by atoms with Crippen LogP contribution in [0, 0.1) is 11.2 Å². The number of hydrogen-bond donors (Lipinski definition) is 3. The maximum Gasteiger partial charge on any atom is 0.243 e. The van der Waals surface area contributed by atoms with Crippen LogP contribution in [0.2, 0.25) is 5.02 Å². The summed E-state index contributed by atoms with van der Waals surface area (Å²) in [6, 6.07) is 11.0. The zero-order valence-corrected chi connectivity index (χ0v) is 15.6. The fraction of sp³-hybridized carbons (Fsp3) is 0.263. The van der Waals surface area contributed by atoms with Gasteiger partial charge in [-0.3, -0.25) is 9.59 Å². The molecule has 0 saturated heterocycles. The number of hydrogen-bond acceptors (Lipinski definition) is 3. The Hall–Kier alpha value is -2.60. The van der Waals surface area contributed by atoms with Gasteiger partial charge in [-0.1, -0.05) is 38.4 Å². The molecule has 2 aromatic rings. The van der Waals surface area contributed by atoms with Gasteiger partial charge in [-0.25, -0.2) is 4.39 Å². The molecule has 3 N–H and O–H groups in total. The van der Waals surface area contributed by atoms with Crippen LogP contribution in [0.1, 0.15) is 20.8 Å². The zero-order valence-electron chi connectivity index (χ0n) is 14.8. The minimum absolute atomic E-state index is 0.00562. The van der Waals surface area contributed by atoms with Crippen LogP contribution in [0.25, 0.3) is 0 Å². The van der Waals surface area contributed by atoms with E-state index in [9.17, 15) is 14.0 Å². The third kappa shape index (κ3) is 5.74. The van der Waals surface area contributed by atoms with Gasteiger partial charge in [0.2, 0.25) is 11.8 Å². The van der Waals surface area contributed by atoms with Gasteiger partial charge in [0.25, 0.3) is 0 Å². The molecule has 0 atom stereocenters. The summed E-state index contributed by atoms with van der Waals surface area (Å²) in [5.74, 6) is -0.950. The summed E-state index contributed by atoms with van der Waals surface area (Å²) in [4.78, 5) is 24.0. The summed E-state index contributed by atoms with van der Waals surface area (Å²) >= 11 is 5.68. The van der Waals surface area contributed by atoms with E-state index in [-0.39, 0.29) is 23.4 Å². The number of anilines is 3. The average molecular weight is 378 g/mol. The van der Waals surface area contributed by atoms with E-state index in [1.165, 1.54) is 18.2 Å². The first kappa shape index (κ1) is 19.7. The lowest BCUT2D eigenvalue weighted by atomic mass is 9.95. The zero-order chi connectivity index (χ0) is 19.3. The predicted octanol–water partition coefficient (Wildman–Crippen LogP) is 4.51. The average Bonchev–Trinajstić information content (AvgIpc) is 2.56. The number of nitrogens with one attached hydrogen (secondary N) is 3. The van der Waals surface area contributed by atoms with Gasteiger partial charge in [-0.15, -0.1) is 0 Å². The van der Waals surface area contributed by atoms with Gasteiger partial charge in [-0.2, -0.15) is 0 Å². The summed E-state index contributed by atoms with van der Waals surface area (Å²) in [5.41, 5.74) is 1.23. The molecule has 0 aromatic heterocycles. The van der Waals surface area contributed by atoms with Crippen molar-refractivity contribution in [3.63, 3.8) is 0 Å². The lowest BCUT2D eigenvalue weighted by molar-refractivity contribution is -0.123. The van der Waals surface area contributed by atoms with Gasteiger partial charge in [0, 0.05) is 22.5 Å². The Balaban J connectivity index is 1.92. The normalized spacial score (nSPS) is 11.0. The van der Waals surface area contributed by atoms with Gasteiger partial charge in [0.15, 0.2) is 0 Å². The van der Waals surface area contributed by atoms with Crippen LogP contribution in [-0.4, -0.2) is 18.4 Å². The van der Waals surface area contributed by atoms with Crippen LogP contribution in [0.5, 0.6) is 0 Å². The Bertz CT molecular complexity index is 819. The van der Waals surface area contributed by atoms with E-state index in [0.717, 1.165) is 0 Å². The van der Waals surface area contributed by atoms with Crippen molar-refractivity contribution in [2.45, 2.75) is 20.8 Å². The molecule has 0 aliphatic carbocycles. The van der Waals surface area contributed by atoms with Crippen LogP contribution in [-0.2, 0) is 9.59 Å². The molecule has 0 spiro atoms. The number of amides is 2. The maximum absolute atomic E-state index is 13.1. The molecule has 0 saturated carbocycles. The quantitative estimate of drug-likeness (QED) is 0.717. The minimum atomic E-state index is -0.545. The van der Waals surface area contributed by atoms with Crippen molar-refractivity contribution in [3.05, 3.63) is 53.3 Å². The number of carbonyl (C=O) groups is 2. The van der Waals surface area contributed by atoms with Crippen molar-refractivity contribution in [3.8, 4) is 0 Å². The molecule has 0 aliphatic heterocycles. The first-order valence-electron chi connectivity index (χ1n) is 8.05. The van der Waals surface area contributed by atoms with Crippen molar-refractivity contribution in [2.24, 2.45) is 5.41 Å². The predicted molar refractivity (Wildman–Crippen MR) is 103 cm³/mol. The summed E-state index contributed by atoms with van der Waals surface area (Å²) in [6.07, 6.45) is 0. The van der Waals surface area contributed by atoms with Crippen LogP contribution < -0.4 is 16.0 Å². The molecule has 2 aromatic carbocycles. The second kappa shape index (κ2) is 8.19. The van der Waals surface area contributed by atoms with Crippen molar-refractivity contribution in [2.75, 3.05) is 22.5 Å². The minimum Gasteiger partial charge on any atom is -0.376 e. The molecular formula is C19H21ClFN3O2. The van der Waals surface area contributed by atoms with Gasteiger partial charge in [0.05, 0.1) is 11.6 Å². The number of rotatable bonds is 5. The molecular weight excluding hydrogens is 357 g/mol. The van der Waals surface area contributed by atoms with Gasteiger partial charge in [-0.05, 0) is 36.4 Å². The van der Waals surface area contributed by atoms with Gasteiger partial charge in [0.1, 0.15) is 5.82 Å². The molecule has 0 heterocycles. The second-order valence-corrected chi connectivity index (χ2v) is 7.22. The Kier molecular flexibility index (Phi) is 6.21. The van der Waals surface area contributed by atoms with Crippen molar-refractivity contribution in [1.29, 1.82) is 0 Å².